The number of hydrogen-bond donors (Lipinski definition) is 2. The van der Waals surface area contributed by atoms with Crippen LogP contribution in [0.25, 0.3) is 0 Å². The highest BCUT2D eigenvalue weighted by Gasteiger charge is 2.16. The monoisotopic (exact) mass is 364 g/mol. The maximum atomic E-state index is 11.9. The zero-order valence-corrected chi connectivity index (χ0v) is 13.6. The largest absolute Gasteiger partial charge is 0.497 e. The molecule has 0 spiro atoms. The first kappa shape index (κ1) is 16.9. The highest BCUT2D eigenvalue weighted by atomic mass is 79.9. The van der Waals surface area contributed by atoms with Crippen LogP contribution in [0.5, 0.6) is 5.75 Å². The fourth-order valence-electron chi connectivity index (χ4n) is 1.46. The van der Waals surface area contributed by atoms with Crippen molar-refractivity contribution in [2.75, 3.05) is 24.4 Å². The van der Waals surface area contributed by atoms with E-state index in [9.17, 15) is 13.2 Å². The Kier molecular flexibility index (Phi) is 5.97. The minimum absolute atomic E-state index is 0.0792. The predicted octanol–water partition coefficient (Wildman–Crippen LogP) is 1.16. The summed E-state index contributed by atoms with van der Waals surface area (Å²) in [6.45, 7) is 0. The van der Waals surface area contributed by atoms with Gasteiger partial charge in [-0.2, -0.15) is 0 Å². The molecule has 8 heteroatoms. The molecular weight excluding hydrogens is 348 g/mol. The van der Waals surface area contributed by atoms with Crippen molar-refractivity contribution in [1.29, 1.82) is 0 Å². The van der Waals surface area contributed by atoms with Gasteiger partial charge in [0.1, 0.15) is 15.6 Å². The van der Waals surface area contributed by atoms with Crippen molar-refractivity contribution in [2.24, 2.45) is 5.73 Å². The molecule has 112 valence electrons. The molecule has 0 radical (unpaired) electrons. The molecule has 1 aromatic carbocycles. The summed E-state index contributed by atoms with van der Waals surface area (Å²) in [5, 5.41) is 2.62. The minimum Gasteiger partial charge on any atom is -0.497 e. The molecule has 0 aliphatic rings. The van der Waals surface area contributed by atoms with E-state index in [-0.39, 0.29) is 12.2 Å². The molecule has 1 unspecified atom stereocenters. The molecule has 0 saturated heterocycles. The summed E-state index contributed by atoms with van der Waals surface area (Å²) in [7, 11) is -1.61. The fraction of sp³-hybridized carbons (Fsp3) is 0.417. The third-order valence-corrected chi connectivity index (χ3v) is 3.95. The van der Waals surface area contributed by atoms with Gasteiger partial charge in [0.05, 0.1) is 18.9 Å². The lowest BCUT2D eigenvalue weighted by Gasteiger charge is -2.12. The van der Waals surface area contributed by atoms with Gasteiger partial charge in [-0.25, -0.2) is 8.42 Å². The summed E-state index contributed by atoms with van der Waals surface area (Å²) in [4.78, 5) is 11.9. The van der Waals surface area contributed by atoms with Gasteiger partial charge < -0.3 is 15.8 Å². The van der Waals surface area contributed by atoms with Crippen molar-refractivity contribution in [3.05, 3.63) is 22.7 Å². The van der Waals surface area contributed by atoms with E-state index >= 15 is 0 Å². The second-order valence-corrected chi connectivity index (χ2v) is 7.57. The Morgan fingerprint density at radius 1 is 1.45 bits per heavy atom. The Morgan fingerprint density at radius 2 is 2.10 bits per heavy atom. The molecule has 1 amide bonds. The second-order valence-electron chi connectivity index (χ2n) is 4.39. The van der Waals surface area contributed by atoms with Crippen LogP contribution in [0.2, 0.25) is 0 Å². The number of halogens is 1. The van der Waals surface area contributed by atoms with Crippen molar-refractivity contribution < 1.29 is 17.9 Å². The Labute approximate surface area is 126 Å². The van der Waals surface area contributed by atoms with Crippen molar-refractivity contribution in [2.45, 2.75) is 12.5 Å². The van der Waals surface area contributed by atoms with Crippen LogP contribution < -0.4 is 15.8 Å². The molecule has 0 aliphatic heterocycles. The molecular formula is C12H17BrN2O4S. The number of anilines is 1. The Bertz CT molecular complexity index is 589. The van der Waals surface area contributed by atoms with Crippen LogP contribution in [0.3, 0.4) is 0 Å². The van der Waals surface area contributed by atoms with Crippen LogP contribution in [-0.4, -0.2) is 39.5 Å². The number of carbonyl (C=O) groups is 1. The van der Waals surface area contributed by atoms with Crippen molar-refractivity contribution in [3.63, 3.8) is 0 Å². The minimum atomic E-state index is -3.13. The van der Waals surface area contributed by atoms with E-state index in [0.717, 1.165) is 10.7 Å². The summed E-state index contributed by atoms with van der Waals surface area (Å²) in [6, 6.07) is 4.21. The van der Waals surface area contributed by atoms with Gasteiger partial charge in [-0.1, -0.05) is 15.9 Å². The molecule has 6 nitrogen and oxygen atoms in total. The van der Waals surface area contributed by atoms with E-state index < -0.39 is 21.8 Å². The zero-order valence-electron chi connectivity index (χ0n) is 11.2. The SMILES string of the molecule is COc1cc(Br)cc(NC(=O)C(N)CCS(C)(=O)=O)c1. The molecule has 1 aromatic rings. The number of amides is 1. The standard InChI is InChI=1S/C12H17BrN2O4S/c1-19-10-6-8(13)5-9(7-10)15-12(16)11(14)3-4-20(2,17)18/h5-7,11H,3-4,14H2,1-2H3,(H,15,16). The molecule has 0 aliphatic carbocycles. The first-order valence-corrected chi connectivity index (χ1v) is 8.65. The predicted molar refractivity (Wildman–Crippen MR) is 81.6 cm³/mol. The van der Waals surface area contributed by atoms with Gasteiger partial charge in [-0.15, -0.1) is 0 Å². The Balaban J connectivity index is 2.68. The van der Waals surface area contributed by atoms with Gasteiger partial charge in [-0.05, 0) is 18.6 Å². The molecule has 0 heterocycles. The van der Waals surface area contributed by atoms with Gasteiger partial charge in [-0.3, -0.25) is 4.79 Å². The molecule has 1 atom stereocenters. The summed E-state index contributed by atoms with van der Waals surface area (Å²) in [5.41, 5.74) is 6.19. The number of rotatable bonds is 6. The number of sulfone groups is 1. The van der Waals surface area contributed by atoms with E-state index in [1.165, 1.54) is 7.11 Å². The number of ether oxygens (including phenoxy) is 1. The first-order valence-electron chi connectivity index (χ1n) is 5.80. The van der Waals surface area contributed by atoms with Crippen molar-refractivity contribution in [1.82, 2.24) is 0 Å². The molecule has 0 bridgehead atoms. The summed E-state index contributed by atoms with van der Waals surface area (Å²) < 4.78 is 27.9. The Morgan fingerprint density at radius 3 is 2.65 bits per heavy atom. The molecule has 0 aromatic heterocycles. The normalized spacial score (nSPS) is 12.8. The number of benzene rings is 1. The highest BCUT2D eigenvalue weighted by molar-refractivity contribution is 9.10. The van der Waals surface area contributed by atoms with Crippen LogP contribution in [0.15, 0.2) is 22.7 Å². The highest BCUT2D eigenvalue weighted by Crippen LogP contribution is 2.24. The van der Waals surface area contributed by atoms with Gasteiger partial charge in [0.2, 0.25) is 5.91 Å². The van der Waals surface area contributed by atoms with E-state index in [2.05, 4.69) is 21.2 Å². The molecule has 1 rings (SSSR count). The van der Waals surface area contributed by atoms with Gasteiger partial charge in [0, 0.05) is 22.5 Å². The van der Waals surface area contributed by atoms with E-state index in [1.807, 2.05) is 0 Å². The van der Waals surface area contributed by atoms with Gasteiger partial charge in [0.15, 0.2) is 0 Å². The smallest absolute Gasteiger partial charge is 0.241 e. The van der Waals surface area contributed by atoms with Crippen LogP contribution in [-0.2, 0) is 14.6 Å². The lowest BCUT2D eigenvalue weighted by Crippen LogP contribution is -2.37. The third kappa shape index (κ3) is 5.89. The van der Waals surface area contributed by atoms with Crippen LogP contribution >= 0.6 is 15.9 Å². The maximum absolute atomic E-state index is 11.9. The number of hydrogen-bond acceptors (Lipinski definition) is 5. The topological polar surface area (TPSA) is 98.5 Å². The number of carbonyl (C=O) groups excluding carboxylic acids is 1. The maximum Gasteiger partial charge on any atom is 0.241 e. The van der Waals surface area contributed by atoms with Crippen LogP contribution in [0.4, 0.5) is 5.69 Å². The summed E-state index contributed by atoms with van der Waals surface area (Å²) in [5.74, 6) is 0.0248. The Hall–Kier alpha value is -1.12. The molecule has 3 N–H and O–H groups in total. The van der Waals surface area contributed by atoms with Crippen LogP contribution in [0, 0.1) is 0 Å². The lowest BCUT2D eigenvalue weighted by molar-refractivity contribution is -0.117. The zero-order chi connectivity index (χ0) is 15.3. The van der Waals surface area contributed by atoms with Crippen molar-refractivity contribution in [3.8, 4) is 5.75 Å². The van der Waals surface area contributed by atoms with Crippen LogP contribution in [0.1, 0.15) is 6.42 Å². The van der Waals surface area contributed by atoms with Crippen molar-refractivity contribution >= 4 is 37.4 Å². The molecule has 0 saturated carbocycles. The summed E-state index contributed by atoms with van der Waals surface area (Å²) in [6.07, 6.45) is 1.19. The third-order valence-electron chi connectivity index (χ3n) is 2.51. The first-order chi connectivity index (χ1) is 9.21. The molecule has 0 fully saturated rings. The summed E-state index contributed by atoms with van der Waals surface area (Å²) >= 11 is 3.30. The van der Waals surface area contributed by atoms with E-state index in [4.69, 9.17) is 10.5 Å². The number of nitrogens with two attached hydrogens (primary N) is 1. The second kappa shape index (κ2) is 7.05. The average molecular weight is 365 g/mol. The van der Waals surface area contributed by atoms with E-state index in [1.54, 1.807) is 18.2 Å². The van der Waals surface area contributed by atoms with Gasteiger partial charge >= 0.3 is 0 Å². The number of nitrogens with one attached hydrogen (secondary N) is 1. The number of methoxy groups -OCH3 is 1. The van der Waals surface area contributed by atoms with E-state index in [0.29, 0.717) is 11.4 Å². The van der Waals surface area contributed by atoms with Gasteiger partial charge in [0.25, 0.3) is 0 Å². The quantitative estimate of drug-likeness (QED) is 0.788. The molecule has 20 heavy (non-hydrogen) atoms. The lowest BCUT2D eigenvalue weighted by atomic mass is 10.2. The fourth-order valence-corrected chi connectivity index (χ4v) is 2.61. The average Bonchev–Trinajstić information content (AvgIpc) is 2.34.